The van der Waals surface area contributed by atoms with Crippen LogP contribution in [0.2, 0.25) is 0 Å². The maximum absolute atomic E-state index is 12.6. The topological polar surface area (TPSA) is 110 Å². The van der Waals surface area contributed by atoms with Crippen LogP contribution in [-0.4, -0.2) is 28.6 Å². The van der Waals surface area contributed by atoms with Crippen molar-refractivity contribution in [3.05, 3.63) is 58.5 Å². The van der Waals surface area contributed by atoms with Gasteiger partial charge >= 0.3 is 11.7 Å². The van der Waals surface area contributed by atoms with Crippen LogP contribution in [-0.2, 0) is 24.1 Å². The number of carboxylic acid groups (broad SMARTS) is 1. The highest BCUT2D eigenvalue weighted by Crippen LogP contribution is 2.21. The second-order valence-electron chi connectivity index (χ2n) is 5.54. The Hall–Kier alpha value is -3.07. The monoisotopic (exact) mass is 361 g/mol. The number of hydrogen-bond acceptors (Lipinski definition) is 4. The fourth-order valence-electron chi connectivity index (χ4n) is 2.58. The molecule has 0 bridgehead atoms. The van der Waals surface area contributed by atoms with Crippen LogP contribution in [0.5, 0.6) is 0 Å². The average Bonchev–Trinajstić information content (AvgIpc) is 2.79. The number of anilines is 1. The molecule has 0 fully saturated rings. The zero-order chi connectivity index (χ0) is 18.4. The lowest BCUT2D eigenvalue weighted by Crippen LogP contribution is -2.19. The number of sulfonamides is 1. The quantitative estimate of drug-likeness (QED) is 0.729. The maximum atomic E-state index is 12.6. The molecule has 3 aromatic rings. The van der Waals surface area contributed by atoms with Gasteiger partial charge in [-0.2, -0.15) is 0 Å². The number of aryl methyl sites for hydroxylation is 2. The normalized spacial score (nSPS) is 11.6. The van der Waals surface area contributed by atoms with Crippen molar-refractivity contribution in [2.75, 3.05) is 4.72 Å². The van der Waals surface area contributed by atoms with Gasteiger partial charge in [-0.1, -0.05) is 6.07 Å². The first-order valence-electron chi connectivity index (χ1n) is 7.22. The standard InChI is InChI=1S/C16H15N3O5S/c1-18-13-7-6-12(9-14(13)19(2)16(18)22)25(23,24)17-11-5-3-4-10(8-11)15(20)21/h3-9,17H,1-2H3,(H,20,21). The first kappa shape index (κ1) is 16.8. The zero-order valence-electron chi connectivity index (χ0n) is 13.4. The molecule has 0 radical (unpaired) electrons. The lowest BCUT2D eigenvalue weighted by Gasteiger charge is -2.09. The van der Waals surface area contributed by atoms with Crippen LogP contribution in [0.3, 0.4) is 0 Å². The molecule has 0 saturated heterocycles. The van der Waals surface area contributed by atoms with Crippen molar-refractivity contribution in [2.45, 2.75) is 4.90 Å². The maximum Gasteiger partial charge on any atom is 0.335 e. The summed E-state index contributed by atoms with van der Waals surface area (Å²) in [7, 11) is -0.769. The minimum absolute atomic E-state index is 0.0260. The van der Waals surface area contributed by atoms with Crippen molar-refractivity contribution < 1.29 is 18.3 Å². The van der Waals surface area contributed by atoms with E-state index in [-0.39, 0.29) is 21.8 Å². The third kappa shape index (κ3) is 2.89. The van der Waals surface area contributed by atoms with Gasteiger partial charge in [0.15, 0.2) is 0 Å². The average molecular weight is 361 g/mol. The molecule has 0 aliphatic heterocycles. The summed E-state index contributed by atoms with van der Waals surface area (Å²) in [4.78, 5) is 22.9. The van der Waals surface area contributed by atoms with E-state index in [0.29, 0.717) is 11.0 Å². The molecule has 0 aliphatic carbocycles. The van der Waals surface area contributed by atoms with Gasteiger partial charge in [-0.15, -0.1) is 0 Å². The summed E-state index contributed by atoms with van der Waals surface area (Å²) in [6, 6.07) is 9.86. The molecule has 25 heavy (non-hydrogen) atoms. The Labute approximate surface area is 143 Å². The van der Waals surface area contributed by atoms with Gasteiger partial charge in [0.1, 0.15) is 0 Å². The zero-order valence-corrected chi connectivity index (χ0v) is 14.2. The van der Waals surface area contributed by atoms with Gasteiger partial charge < -0.3 is 5.11 Å². The fraction of sp³-hybridized carbons (Fsp3) is 0.125. The van der Waals surface area contributed by atoms with E-state index in [1.165, 1.54) is 45.5 Å². The van der Waals surface area contributed by atoms with Gasteiger partial charge in [-0.3, -0.25) is 13.9 Å². The summed E-state index contributed by atoms with van der Waals surface area (Å²) in [5.74, 6) is -1.15. The second-order valence-corrected chi connectivity index (χ2v) is 7.22. The number of rotatable bonds is 4. The van der Waals surface area contributed by atoms with E-state index >= 15 is 0 Å². The molecule has 0 amide bonds. The summed E-state index contributed by atoms with van der Waals surface area (Å²) in [6.07, 6.45) is 0. The summed E-state index contributed by atoms with van der Waals surface area (Å²) in [5.41, 5.74) is 0.948. The lowest BCUT2D eigenvalue weighted by molar-refractivity contribution is 0.0697. The number of nitrogens with one attached hydrogen (secondary N) is 1. The van der Waals surface area contributed by atoms with Gasteiger partial charge in [0, 0.05) is 19.8 Å². The molecule has 2 N–H and O–H groups in total. The van der Waals surface area contributed by atoms with Crippen molar-refractivity contribution >= 4 is 32.7 Å². The number of carbonyl (C=O) groups is 1. The molecule has 130 valence electrons. The van der Waals surface area contributed by atoms with Gasteiger partial charge in [0.2, 0.25) is 0 Å². The van der Waals surface area contributed by atoms with Crippen LogP contribution < -0.4 is 10.4 Å². The second kappa shape index (κ2) is 5.78. The number of carboxylic acids is 1. The van der Waals surface area contributed by atoms with Crippen molar-refractivity contribution in [3.8, 4) is 0 Å². The van der Waals surface area contributed by atoms with E-state index in [2.05, 4.69) is 4.72 Å². The third-order valence-electron chi connectivity index (χ3n) is 3.92. The Bertz CT molecular complexity index is 1160. The highest BCUT2D eigenvalue weighted by atomic mass is 32.2. The highest BCUT2D eigenvalue weighted by molar-refractivity contribution is 7.92. The predicted octanol–water partition coefficient (Wildman–Crippen LogP) is 1.38. The van der Waals surface area contributed by atoms with Gasteiger partial charge in [-0.25, -0.2) is 18.0 Å². The molecule has 0 saturated carbocycles. The number of imidazole rings is 1. The van der Waals surface area contributed by atoms with E-state index in [1.54, 1.807) is 20.2 Å². The summed E-state index contributed by atoms with van der Waals surface area (Å²) in [6.45, 7) is 0. The smallest absolute Gasteiger partial charge is 0.335 e. The molecule has 0 spiro atoms. The van der Waals surface area contributed by atoms with Crippen LogP contribution in [0.15, 0.2) is 52.2 Å². The predicted molar refractivity (Wildman–Crippen MR) is 92.4 cm³/mol. The molecule has 2 aromatic carbocycles. The Morgan fingerprint density at radius 2 is 1.72 bits per heavy atom. The number of benzene rings is 2. The Morgan fingerprint density at radius 3 is 2.40 bits per heavy atom. The minimum Gasteiger partial charge on any atom is -0.478 e. The van der Waals surface area contributed by atoms with E-state index in [0.717, 1.165) is 0 Å². The molecule has 8 nitrogen and oxygen atoms in total. The number of aromatic nitrogens is 2. The SMILES string of the molecule is Cn1c(=O)n(C)c2cc(S(=O)(=O)Nc3cccc(C(=O)O)c3)ccc21. The number of aromatic carboxylic acids is 1. The van der Waals surface area contributed by atoms with E-state index in [4.69, 9.17) is 5.11 Å². The van der Waals surface area contributed by atoms with Crippen molar-refractivity contribution in [1.29, 1.82) is 0 Å². The summed E-state index contributed by atoms with van der Waals surface area (Å²) >= 11 is 0. The van der Waals surface area contributed by atoms with Crippen LogP contribution in [0.4, 0.5) is 5.69 Å². The Kier molecular flexibility index (Phi) is 3.88. The molecular weight excluding hydrogens is 346 g/mol. The van der Waals surface area contributed by atoms with E-state index in [1.807, 2.05) is 0 Å². The van der Waals surface area contributed by atoms with Gasteiger partial charge in [0.05, 0.1) is 21.5 Å². The van der Waals surface area contributed by atoms with Crippen LogP contribution in [0.1, 0.15) is 10.4 Å². The van der Waals surface area contributed by atoms with Crippen molar-refractivity contribution in [3.63, 3.8) is 0 Å². The summed E-state index contributed by atoms with van der Waals surface area (Å²) < 4.78 is 30.3. The van der Waals surface area contributed by atoms with E-state index < -0.39 is 16.0 Å². The fourth-order valence-corrected chi connectivity index (χ4v) is 3.65. The lowest BCUT2D eigenvalue weighted by atomic mass is 10.2. The van der Waals surface area contributed by atoms with Crippen LogP contribution in [0, 0.1) is 0 Å². The Balaban J connectivity index is 2.04. The molecule has 1 heterocycles. The Morgan fingerprint density at radius 1 is 1.04 bits per heavy atom. The first-order valence-corrected chi connectivity index (χ1v) is 8.70. The van der Waals surface area contributed by atoms with Gasteiger partial charge in [-0.05, 0) is 36.4 Å². The van der Waals surface area contributed by atoms with Gasteiger partial charge in [0.25, 0.3) is 10.0 Å². The number of hydrogen-bond donors (Lipinski definition) is 2. The van der Waals surface area contributed by atoms with Crippen molar-refractivity contribution in [2.24, 2.45) is 14.1 Å². The molecule has 3 rings (SSSR count). The number of fused-ring (bicyclic) bond motifs is 1. The molecule has 1 aromatic heterocycles. The largest absolute Gasteiger partial charge is 0.478 e. The van der Waals surface area contributed by atoms with Crippen molar-refractivity contribution in [1.82, 2.24) is 9.13 Å². The molecular formula is C16H15N3O5S. The first-order chi connectivity index (χ1) is 11.7. The molecule has 0 atom stereocenters. The molecule has 0 unspecified atom stereocenters. The van der Waals surface area contributed by atoms with Crippen LogP contribution >= 0.6 is 0 Å². The number of nitrogens with zero attached hydrogens (tertiary/aromatic N) is 2. The molecule has 0 aliphatic rings. The highest BCUT2D eigenvalue weighted by Gasteiger charge is 2.18. The third-order valence-corrected chi connectivity index (χ3v) is 5.29. The summed E-state index contributed by atoms with van der Waals surface area (Å²) in [5, 5.41) is 8.99. The molecule has 9 heteroatoms. The van der Waals surface area contributed by atoms with E-state index in [9.17, 15) is 18.0 Å². The minimum atomic E-state index is -3.94. The van der Waals surface area contributed by atoms with Crippen LogP contribution in [0.25, 0.3) is 11.0 Å².